The Kier molecular flexibility index (Phi) is 2.81. The van der Waals surface area contributed by atoms with Crippen molar-refractivity contribution in [2.24, 2.45) is 23.7 Å². The number of carbonyl (C=O) groups excluding carboxylic acids is 1. The normalized spacial score (nSPS) is 31.7. The van der Waals surface area contributed by atoms with E-state index in [0.717, 1.165) is 11.1 Å². The van der Waals surface area contributed by atoms with Crippen molar-refractivity contribution >= 4 is 16.9 Å². The van der Waals surface area contributed by atoms with Crippen LogP contribution in [-0.4, -0.2) is 10.8 Å². The molecule has 1 aromatic carbocycles. The molecule has 2 bridgehead atoms. The van der Waals surface area contributed by atoms with Crippen LogP contribution in [0.5, 0.6) is 0 Å². The average Bonchev–Trinajstić information content (AvgIpc) is 3.29. The predicted molar refractivity (Wildman–Crippen MR) is 90.3 cm³/mol. The van der Waals surface area contributed by atoms with E-state index in [9.17, 15) is 4.79 Å². The Bertz CT molecular complexity index is 793. The van der Waals surface area contributed by atoms with E-state index in [4.69, 9.17) is 0 Å². The van der Waals surface area contributed by atoms with E-state index in [1.165, 1.54) is 30.4 Å². The second kappa shape index (κ2) is 4.89. The van der Waals surface area contributed by atoms with Crippen molar-refractivity contribution in [1.29, 1.82) is 0 Å². The van der Waals surface area contributed by atoms with E-state index < -0.39 is 0 Å². The summed E-state index contributed by atoms with van der Waals surface area (Å²) in [6.45, 7) is 0. The lowest BCUT2D eigenvalue weighted by Crippen LogP contribution is -2.24. The minimum atomic E-state index is 0.229. The third-order valence-electron chi connectivity index (χ3n) is 6.12. The molecule has 0 aliphatic heterocycles. The minimum absolute atomic E-state index is 0.229. The quantitative estimate of drug-likeness (QED) is 0.830. The van der Waals surface area contributed by atoms with Gasteiger partial charge < -0.3 is 0 Å². The second-order valence-electron chi connectivity index (χ2n) is 7.14. The topological polar surface area (TPSA) is 30.0 Å². The molecular formula is C21H19NO. The molecule has 0 radical (unpaired) electrons. The molecule has 2 nitrogen and oxygen atoms in total. The van der Waals surface area contributed by atoms with Crippen LogP contribution in [0.3, 0.4) is 0 Å². The molecule has 0 unspecified atom stereocenters. The van der Waals surface area contributed by atoms with Gasteiger partial charge in [-0.15, -0.1) is 0 Å². The number of carbonyl (C=O) groups is 1. The van der Waals surface area contributed by atoms with Gasteiger partial charge in [0.15, 0.2) is 5.78 Å². The number of rotatable bonds is 2. The molecule has 114 valence electrons. The fourth-order valence-electron chi connectivity index (χ4n) is 5.32. The number of hydrogen-bond acceptors (Lipinski definition) is 2. The summed E-state index contributed by atoms with van der Waals surface area (Å²) >= 11 is 0. The maximum atomic E-state index is 13.3. The van der Waals surface area contributed by atoms with Crippen molar-refractivity contribution in [1.82, 2.24) is 4.98 Å². The molecule has 0 spiro atoms. The first-order valence-electron chi connectivity index (χ1n) is 8.59. The van der Waals surface area contributed by atoms with Crippen molar-refractivity contribution in [2.75, 3.05) is 0 Å². The second-order valence-corrected chi connectivity index (χ2v) is 7.14. The van der Waals surface area contributed by atoms with Gasteiger partial charge in [-0.2, -0.15) is 0 Å². The van der Waals surface area contributed by atoms with Crippen molar-refractivity contribution in [3.8, 4) is 0 Å². The molecule has 3 aliphatic rings. The highest BCUT2D eigenvalue weighted by Gasteiger charge is 2.56. The first-order valence-corrected chi connectivity index (χ1v) is 8.59. The summed E-state index contributed by atoms with van der Waals surface area (Å²) in [7, 11) is 0. The Balaban J connectivity index is 1.75. The zero-order chi connectivity index (χ0) is 15.4. The highest BCUT2D eigenvalue weighted by atomic mass is 16.1. The lowest BCUT2D eigenvalue weighted by atomic mass is 9.77. The SMILES string of the molecule is O=C1C(c2ccncc2)=C(c2ccccc2)[C@@H]2[C@H]3CC[C@H](C3)[C@H]12. The van der Waals surface area contributed by atoms with Gasteiger partial charge in [0.05, 0.1) is 0 Å². The van der Waals surface area contributed by atoms with Gasteiger partial charge in [0.1, 0.15) is 0 Å². The number of nitrogens with zero attached hydrogens (tertiary/aromatic N) is 1. The zero-order valence-corrected chi connectivity index (χ0v) is 13.0. The van der Waals surface area contributed by atoms with Crippen LogP contribution in [0.25, 0.3) is 11.1 Å². The van der Waals surface area contributed by atoms with E-state index >= 15 is 0 Å². The van der Waals surface area contributed by atoms with Crippen molar-refractivity contribution in [2.45, 2.75) is 19.3 Å². The summed E-state index contributed by atoms with van der Waals surface area (Å²) in [6, 6.07) is 14.5. The van der Waals surface area contributed by atoms with Gasteiger partial charge in [-0.25, -0.2) is 0 Å². The molecule has 2 fully saturated rings. The molecule has 5 rings (SSSR count). The first-order chi connectivity index (χ1) is 11.3. The number of Topliss-reactive ketones (excluding diaryl/α,β-unsaturated/α-hetero) is 1. The summed E-state index contributed by atoms with van der Waals surface area (Å²) in [5.74, 6) is 2.35. The van der Waals surface area contributed by atoms with Gasteiger partial charge in [-0.3, -0.25) is 9.78 Å². The smallest absolute Gasteiger partial charge is 0.167 e. The average molecular weight is 301 g/mol. The van der Waals surface area contributed by atoms with Crippen LogP contribution in [0.4, 0.5) is 0 Å². The van der Waals surface area contributed by atoms with Crippen LogP contribution >= 0.6 is 0 Å². The Labute approximate surface area is 136 Å². The lowest BCUT2D eigenvalue weighted by Gasteiger charge is -2.26. The van der Waals surface area contributed by atoms with Gasteiger partial charge in [-0.05, 0) is 65.8 Å². The van der Waals surface area contributed by atoms with Crippen LogP contribution in [-0.2, 0) is 4.79 Å². The van der Waals surface area contributed by atoms with Crippen LogP contribution < -0.4 is 0 Å². The highest BCUT2D eigenvalue weighted by molar-refractivity contribution is 6.32. The summed E-state index contributed by atoms with van der Waals surface area (Å²) in [5.41, 5.74) is 4.54. The van der Waals surface area contributed by atoms with Crippen molar-refractivity contribution in [3.05, 3.63) is 66.0 Å². The molecule has 4 atom stereocenters. The van der Waals surface area contributed by atoms with Crippen LogP contribution in [0.2, 0.25) is 0 Å². The Morgan fingerprint density at radius 1 is 0.826 bits per heavy atom. The van der Waals surface area contributed by atoms with Crippen molar-refractivity contribution < 1.29 is 4.79 Å². The molecular weight excluding hydrogens is 282 g/mol. The standard InChI is InChI=1S/C21H19NO/c23-21-19(14-8-10-22-11-9-14)17(13-4-2-1-3-5-13)18-15-6-7-16(12-15)20(18)21/h1-5,8-11,15-16,18,20H,6-7,12H2/t15-,16+,18-,20-/m0/s1. The third kappa shape index (κ3) is 1.81. The summed E-state index contributed by atoms with van der Waals surface area (Å²) in [6.07, 6.45) is 7.37. The molecule has 0 amide bonds. The number of allylic oxidation sites excluding steroid dienone is 2. The van der Waals surface area contributed by atoms with Crippen LogP contribution in [0.1, 0.15) is 30.4 Å². The molecule has 2 aromatic rings. The summed E-state index contributed by atoms with van der Waals surface area (Å²) in [5, 5.41) is 0. The summed E-state index contributed by atoms with van der Waals surface area (Å²) < 4.78 is 0. The minimum Gasteiger partial charge on any atom is -0.294 e. The van der Waals surface area contributed by atoms with E-state index in [-0.39, 0.29) is 5.92 Å². The summed E-state index contributed by atoms with van der Waals surface area (Å²) in [4.78, 5) is 17.4. The predicted octanol–water partition coefficient (Wildman–Crippen LogP) is 4.24. The Morgan fingerprint density at radius 3 is 2.26 bits per heavy atom. The molecule has 23 heavy (non-hydrogen) atoms. The number of aromatic nitrogens is 1. The lowest BCUT2D eigenvalue weighted by molar-refractivity contribution is -0.118. The number of pyridine rings is 1. The fourth-order valence-corrected chi connectivity index (χ4v) is 5.32. The van der Waals surface area contributed by atoms with Crippen molar-refractivity contribution in [3.63, 3.8) is 0 Å². The molecule has 2 saturated carbocycles. The van der Waals surface area contributed by atoms with Gasteiger partial charge >= 0.3 is 0 Å². The maximum Gasteiger partial charge on any atom is 0.167 e. The largest absolute Gasteiger partial charge is 0.294 e. The molecule has 0 N–H and O–H groups in total. The fraction of sp³-hybridized carbons (Fsp3) is 0.333. The van der Waals surface area contributed by atoms with Crippen LogP contribution in [0, 0.1) is 23.7 Å². The van der Waals surface area contributed by atoms with Gasteiger partial charge in [0.25, 0.3) is 0 Å². The Hall–Kier alpha value is -2.22. The van der Waals surface area contributed by atoms with Crippen LogP contribution in [0.15, 0.2) is 54.9 Å². The number of benzene rings is 1. The first kappa shape index (κ1) is 13.2. The molecule has 1 heterocycles. The monoisotopic (exact) mass is 301 g/mol. The number of fused-ring (bicyclic) bond motifs is 5. The highest BCUT2D eigenvalue weighted by Crippen LogP contribution is 2.62. The maximum absolute atomic E-state index is 13.3. The number of ketones is 1. The molecule has 2 heteroatoms. The zero-order valence-electron chi connectivity index (χ0n) is 13.0. The van der Waals surface area contributed by atoms with E-state index in [1.807, 2.05) is 18.2 Å². The molecule has 3 aliphatic carbocycles. The third-order valence-corrected chi connectivity index (χ3v) is 6.12. The Morgan fingerprint density at radius 2 is 1.52 bits per heavy atom. The molecule has 1 aromatic heterocycles. The van der Waals surface area contributed by atoms with Gasteiger partial charge in [0, 0.05) is 23.9 Å². The van der Waals surface area contributed by atoms with Gasteiger partial charge in [-0.1, -0.05) is 30.3 Å². The van der Waals surface area contributed by atoms with E-state index in [1.54, 1.807) is 12.4 Å². The van der Waals surface area contributed by atoms with E-state index in [0.29, 0.717) is 23.5 Å². The van der Waals surface area contributed by atoms with E-state index in [2.05, 4.69) is 29.2 Å². The van der Waals surface area contributed by atoms with Gasteiger partial charge in [0.2, 0.25) is 0 Å². The molecule has 0 saturated heterocycles. The number of hydrogen-bond donors (Lipinski definition) is 0.